The third-order valence-corrected chi connectivity index (χ3v) is 5.08. The lowest BCUT2D eigenvalue weighted by atomic mass is 9.73. The van der Waals surface area contributed by atoms with E-state index in [0.29, 0.717) is 19.6 Å². The van der Waals surface area contributed by atoms with Crippen LogP contribution in [0.3, 0.4) is 0 Å². The highest BCUT2D eigenvalue weighted by molar-refractivity contribution is 5.99. The average Bonchev–Trinajstić information content (AvgIpc) is 2.94. The lowest BCUT2D eigenvalue weighted by Crippen LogP contribution is -2.40. The lowest BCUT2D eigenvalue weighted by molar-refractivity contribution is -0.131. The monoisotopic (exact) mass is 286 g/mol. The minimum atomic E-state index is -0.610. The van der Waals surface area contributed by atoms with Crippen LogP contribution in [0, 0.1) is 11.3 Å². The van der Waals surface area contributed by atoms with Crippen molar-refractivity contribution in [3.63, 3.8) is 0 Å². The van der Waals surface area contributed by atoms with E-state index in [9.17, 15) is 9.90 Å². The summed E-state index contributed by atoms with van der Waals surface area (Å²) in [5, 5.41) is 10.3. The van der Waals surface area contributed by atoms with Crippen molar-refractivity contribution in [1.82, 2.24) is 0 Å². The van der Waals surface area contributed by atoms with Crippen molar-refractivity contribution in [3.8, 4) is 0 Å². The molecule has 3 heteroatoms. The Kier molecular flexibility index (Phi) is 3.96. The predicted molar refractivity (Wildman–Crippen MR) is 80.6 cm³/mol. The van der Waals surface area contributed by atoms with Gasteiger partial charge in [-0.15, -0.1) is 0 Å². The smallest absolute Gasteiger partial charge is 0.165 e. The van der Waals surface area contributed by atoms with Crippen molar-refractivity contribution < 1.29 is 14.6 Å². The van der Waals surface area contributed by atoms with Gasteiger partial charge in [0.15, 0.2) is 5.78 Å². The van der Waals surface area contributed by atoms with Gasteiger partial charge in [-0.25, -0.2) is 0 Å². The molecule has 1 N–H and O–H groups in total. The molecule has 0 aliphatic heterocycles. The molecule has 0 amide bonds. The van der Waals surface area contributed by atoms with Crippen LogP contribution in [0.2, 0.25) is 0 Å². The Balaban J connectivity index is 1.60. The molecular weight excluding hydrogens is 264 g/mol. The van der Waals surface area contributed by atoms with Gasteiger partial charge in [0.05, 0.1) is 18.1 Å². The van der Waals surface area contributed by atoms with Crippen LogP contribution in [0.5, 0.6) is 0 Å². The summed E-state index contributed by atoms with van der Waals surface area (Å²) in [6.45, 7) is 3.07. The second kappa shape index (κ2) is 5.74. The van der Waals surface area contributed by atoms with Crippen molar-refractivity contribution in [3.05, 3.63) is 47.5 Å². The van der Waals surface area contributed by atoms with Gasteiger partial charge in [0.1, 0.15) is 0 Å². The van der Waals surface area contributed by atoms with Crippen molar-refractivity contribution >= 4 is 5.78 Å². The zero-order valence-corrected chi connectivity index (χ0v) is 12.4. The van der Waals surface area contributed by atoms with Gasteiger partial charge >= 0.3 is 0 Å². The SMILES string of the molecule is CC1=CC(=O)[C@]2(CCOCc3ccccc3)[C@H](O)CC[C@H]12. The Morgan fingerprint density at radius 3 is 2.81 bits per heavy atom. The lowest BCUT2D eigenvalue weighted by Gasteiger charge is -2.32. The van der Waals surface area contributed by atoms with Gasteiger partial charge in [-0.1, -0.05) is 35.9 Å². The fraction of sp³-hybridized carbons (Fsp3) is 0.500. The maximum atomic E-state index is 12.4. The highest BCUT2D eigenvalue weighted by atomic mass is 16.5. The third-order valence-electron chi connectivity index (χ3n) is 5.08. The van der Waals surface area contributed by atoms with Crippen LogP contribution in [0.25, 0.3) is 0 Å². The Morgan fingerprint density at radius 1 is 1.29 bits per heavy atom. The molecule has 0 unspecified atom stereocenters. The molecule has 0 bridgehead atoms. The highest BCUT2D eigenvalue weighted by Crippen LogP contribution is 2.54. The number of benzene rings is 1. The number of hydrogen-bond donors (Lipinski definition) is 1. The number of allylic oxidation sites excluding steroid dienone is 2. The normalized spacial score (nSPS) is 31.3. The van der Waals surface area contributed by atoms with Gasteiger partial charge in [0.25, 0.3) is 0 Å². The van der Waals surface area contributed by atoms with E-state index in [0.717, 1.165) is 24.0 Å². The quantitative estimate of drug-likeness (QED) is 0.847. The molecule has 21 heavy (non-hydrogen) atoms. The van der Waals surface area contributed by atoms with Gasteiger partial charge in [-0.2, -0.15) is 0 Å². The van der Waals surface area contributed by atoms with Gasteiger partial charge in [-0.05, 0) is 43.7 Å². The van der Waals surface area contributed by atoms with Crippen LogP contribution in [-0.4, -0.2) is 23.6 Å². The first-order chi connectivity index (χ1) is 10.1. The molecule has 112 valence electrons. The number of rotatable bonds is 5. The number of ether oxygens (including phenoxy) is 1. The minimum absolute atomic E-state index is 0.0957. The molecule has 0 aromatic heterocycles. The van der Waals surface area contributed by atoms with E-state index in [1.807, 2.05) is 37.3 Å². The van der Waals surface area contributed by atoms with E-state index >= 15 is 0 Å². The Hall–Kier alpha value is -1.45. The maximum Gasteiger partial charge on any atom is 0.165 e. The zero-order valence-electron chi connectivity index (χ0n) is 12.4. The van der Waals surface area contributed by atoms with Crippen LogP contribution in [-0.2, 0) is 16.1 Å². The van der Waals surface area contributed by atoms with Crippen LogP contribution in [0.1, 0.15) is 31.7 Å². The van der Waals surface area contributed by atoms with E-state index in [2.05, 4.69) is 0 Å². The third kappa shape index (κ3) is 2.45. The maximum absolute atomic E-state index is 12.4. The van der Waals surface area contributed by atoms with Crippen molar-refractivity contribution in [2.45, 2.75) is 38.9 Å². The largest absolute Gasteiger partial charge is 0.392 e. The summed E-state index contributed by atoms with van der Waals surface area (Å²) in [6.07, 6.45) is 3.44. The summed E-state index contributed by atoms with van der Waals surface area (Å²) in [4.78, 5) is 12.4. The Labute approximate surface area is 125 Å². The number of fused-ring (bicyclic) bond motifs is 1. The Bertz CT molecular complexity index is 549. The van der Waals surface area contributed by atoms with Crippen LogP contribution < -0.4 is 0 Å². The van der Waals surface area contributed by atoms with E-state index in [1.54, 1.807) is 6.08 Å². The van der Waals surface area contributed by atoms with E-state index < -0.39 is 11.5 Å². The molecule has 2 aliphatic carbocycles. The standard InChI is InChI=1S/C18H22O3/c1-13-11-17(20)18(15(13)7-8-16(18)19)9-10-21-12-14-5-3-2-4-6-14/h2-6,11,15-16,19H,7-10,12H2,1H3/t15-,16-,18+/m1/s1. The number of carbonyl (C=O) groups excluding carboxylic acids is 1. The van der Waals surface area contributed by atoms with Gasteiger partial charge in [0.2, 0.25) is 0 Å². The molecule has 3 atom stereocenters. The summed E-state index contributed by atoms with van der Waals surface area (Å²) in [6, 6.07) is 10.0. The first kappa shape index (κ1) is 14.5. The molecular formula is C18H22O3. The average molecular weight is 286 g/mol. The van der Waals surface area contributed by atoms with Crippen molar-refractivity contribution in [1.29, 1.82) is 0 Å². The van der Waals surface area contributed by atoms with Crippen LogP contribution >= 0.6 is 0 Å². The first-order valence-corrected chi connectivity index (χ1v) is 7.67. The molecule has 1 saturated carbocycles. The Morgan fingerprint density at radius 2 is 2.05 bits per heavy atom. The first-order valence-electron chi connectivity index (χ1n) is 7.67. The molecule has 0 spiro atoms. The minimum Gasteiger partial charge on any atom is -0.392 e. The second-order valence-corrected chi connectivity index (χ2v) is 6.23. The molecule has 1 fully saturated rings. The molecule has 3 nitrogen and oxygen atoms in total. The van der Waals surface area contributed by atoms with Crippen LogP contribution in [0.4, 0.5) is 0 Å². The molecule has 0 heterocycles. The molecule has 0 radical (unpaired) electrons. The molecule has 1 aromatic rings. The van der Waals surface area contributed by atoms with Gasteiger partial charge in [0, 0.05) is 6.61 Å². The van der Waals surface area contributed by atoms with E-state index in [4.69, 9.17) is 4.74 Å². The summed E-state index contributed by atoms with van der Waals surface area (Å²) in [5.41, 5.74) is 1.64. The second-order valence-electron chi connectivity index (χ2n) is 6.23. The van der Waals surface area contributed by atoms with Gasteiger partial charge < -0.3 is 9.84 Å². The number of hydrogen-bond acceptors (Lipinski definition) is 3. The number of aliphatic hydroxyl groups excluding tert-OH is 1. The zero-order chi connectivity index (χ0) is 14.9. The molecule has 0 saturated heterocycles. The fourth-order valence-electron chi connectivity index (χ4n) is 3.95. The number of ketones is 1. The summed E-state index contributed by atoms with van der Waals surface area (Å²) in [7, 11) is 0. The van der Waals surface area contributed by atoms with E-state index in [-0.39, 0.29) is 11.7 Å². The fourth-order valence-corrected chi connectivity index (χ4v) is 3.95. The van der Waals surface area contributed by atoms with Crippen molar-refractivity contribution in [2.24, 2.45) is 11.3 Å². The summed E-state index contributed by atoms with van der Waals surface area (Å²) >= 11 is 0. The topological polar surface area (TPSA) is 46.5 Å². The molecule has 1 aromatic carbocycles. The van der Waals surface area contributed by atoms with Gasteiger partial charge in [-0.3, -0.25) is 4.79 Å². The highest BCUT2D eigenvalue weighted by Gasteiger charge is 2.57. The predicted octanol–water partition coefficient (Wildman–Crippen LogP) is 2.88. The van der Waals surface area contributed by atoms with Crippen LogP contribution in [0.15, 0.2) is 42.0 Å². The molecule has 2 aliphatic rings. The molecule has 3 rings (SSSR count). The van der Waals surface area contributed by atoms with E-state index in [1.165, 1.54) is 0 Å². The summed E-state index contributed by atoms with van der Waals surface area (Å²) in [5.74, 6) is 0.304. The number of carbonyl (C=O) groups is 1. The summed E-state index contributed by atoms with van der Waals surface area (Å²) < 4.78 is 5.73. The van der Waals surface area contributed by atoms with Crippen molar-refractivity contribution in [2.75, 3.05) is 6.61 Å². The number of aliphatic hydroxyl groups is 1.